The number of Topliss-reactive ketones (excluding diaryl/α,β-unsaturated/α-hetero) is 1. The third-order valence-electron chi connectivity index (χ3n) is 2.69. The summed E-state index contributed by atoms with van der Waals surface area (Å²) in [5, 5.41) is 38.3. The second-order valence-corrected chi connectivity index (χ2v) is 4.04. The first-order valence-corrected chi connectivity index (χ1v) is 5.53. The Morgan fingerprint density at radius 2 is 1.47 bits per heavy atom. The Morgan fingerprint density at radius 3 is 2.00 bits per heavy atom. The van der Waals surface area contributed by atoms with Crippen LogP contribution in [0, 0.1) is 0 Å². The predicted octanol–water partition coefficient (Wildman–Crippen LogP) is 1.72. The minimum Gasteiger partial charge on any atom is -0.508 e. The largest absolute Gasteiger partial charge is 0.508 e. The molecule has 0 saturated heterocycles. The van der Waals surface area contributed by atoms with Gasteiger partial charge in [0.1, 0.15) is 28.9 Å². The first-order chi connectivity index (χ1) is 9.00. The van der Waals surface area contributed by atoms with Crippen molar-refractivity contribution in [3.8, 4) is 17.2 Å². The average molecular weight is 260 g/mol. The summed E-state index contributed by atoms with van der Waals surface area (Å²) in [5.41, 5.74) is -0.0754. The molecular formula is C14H12O5. The van der Waals surface area contributed by atoms with Crippen LogP contribution in [-0.2, 0) is 0 Å². The molecule has 0 saturated carbocycles. The highest BCUT2D eigenvalue weighted by molar-refractivity contribution is 6.04. The normalized spacial score (nSPS) is 12.1. The zero-order valence-corrected chi connectivity index (χ0v) is 9.82. The van der Waals surface area contributed by atoms with Crippen molar-refractivity contribution in [2.75, 3.05) is 0 Å². The molecular weight excluding hydrogens is 248 g/mol. The molecule has 1 atom stereocenters. The predicted molar refractivity (Wildman–Crippen MR) is 67.2 cm³/mol. The smallest absolute Gasteiger partial charge is 0.203 e. The minimum atomic E-state index is -1.50. The van der Waals surface area contributed by atoms with Gasteiger partial charge in [0.05, 0.1) is 0 Å². The fourth-order valence-corrected chi connectivity index (χ4v) is 1.77. The Bertz CT molecular complexity index is 583. The Labute approximate surface area is 109 Å². The van der Waals surface area contributed by atoms with Crippen LogP contribution in [0.3, 0.4) is 0 Å². The average Bonchev–Trinajstić information content (AvgIpc) is 2.37. The SMILES string of the molecule is O=C(c1c(O)cc(O)cc1O)C(O)c1ccccc1. The first kappa shape index (κ1) is 12.9. The number of benzene rings is 2. The number of aliphatic hydroxyl groups is 1. The molecule has 0 aliphatic rings. The number of aliphatic hydroxyl groups excluding tert-OH is 1. The fourth-order valence-electron chi connectivity index (χ4n) is 1.77. The van der Waals surface area contributed by atoms with E-state index in [9.17, 15) is 20.1 Å². The zero-order valence-electron chi connectivity index (χ0n) is 9.82. The molecule has 4 N–H and O–H groups in total. The Kier molecular flexibility index (Phi) is 3.39. The summed E-state index contributed by atoms with van der Waals surface area (Å²) < 4.78 is 0. The van der Waals surface area contributed by atoms with E-state index in [4.69, 9.17) is 5.11 Å². The molecule has 2 rings (SSSR count). The second kappa shape index (κ2) is 4.99. The fraction of sp³-hybridized carbons (Fsp3) is 0.0714. The monoisotopic (exact) mass is 260 g/mol. The van der Waals surface area contributed by atoms with Crippen molar-refractivity contribution in [3.63, 3.8) is 0 Å². The van der Waals surface area contributed by atoms with Crippen LogP contribution in [0.15, 0.2) is 42.5 Å². The van der Waals surface area contributed by atoms with Gasteiger partial charge in [0, 0.05) is 12.1 Å². The lowest BCUT2D eigenvalue weighted by Crippen LogP contribution is -2.12. The van der Waals surface area contributed by atoms with Crippen LogP contribution in [0.5, 0.6) is 17.2 Å². The Hall–Kier alpha value is -2.53. The number of ketones is 1. The van der Waals surface area contributed by atoms with Gasteiger partial charge in [-0.3, -0.25) is 4.79 Å². The summed E-state index contributed by atoms with van der Waals surface area (Å²) in [6, 6.07) is 9.99. The second-order valence-electron chi connectivity index (χ2n) is 4.04. The third-order valence-corrected chi connectivity index (χ3v) is 2.69. The van der Waals surface area contributed by atoms with Crippen LogP contribution >= 0.6 is 0 Å². The minimum absolute atomic E-state index is 0.347. The highest BCUT2D eigenvalue weighted by atomic mass is 16.3. The Balaban J connectivity index is 2.40. The molecule has 0 aromatic heterocycles. The van der Waals surface area contributed by atoms with Gasteiger partial charge in [0.15, 0.2) is 0 Å². The van der Waals surface area contributed by atoms with Crippen LogP contribution in [0.2, 0.25) is 0 Å². The Morgan fingerprint density at radius 1 is 0.947 bits per heavy atom. The van der Waals surface area contributed by atoms with Crippen molar-refractivity contribution >= 4 is 5.78 Å². The number of hydrogen-bond acceptors (Lipinski definition) is 5. The van der Waals surface area contributed by atoms with Gasteiger partial charge in [-0.25, -0.2) is 0 Å². The third kappa shape index (κ3) is 2.51. The first-order valence-electron chi connectivity index (χ1n) is 5.53. The summed E-state index contributed by atoms with van der Waals surface area (Å²) >= 11 is 0. The van der Waals surface area contributed by atoms with Gasteiger partial charge in [0.2, 0.25) is 5.78 Å². The van der Waals surface area contributed by atoms with E-state index in [1.165, 1.54) is 0 Å². The maximum Gasteiger partial charge on any atom is 0.203 e. The summed E-state index contributed by atoms with van der Waals surface area (Å²) in [5.74, 6) is -2.39. The summed E-state index contributed by atoms with van der Waals surface area (Å²) in [6.45, 7) is 0. The molecule has 0 amide bonds. The number of carbonyl (C=O) groups is 1. The van der Waals surface area contributed by atoms with Gasteiger partial charge >= 0.3 is 0 Å². The highest BCUT2D eigenvalue weighted by Crippen LogP contribution is 2.34. The molecule has 2 aromatic carbocycles. The number of phenolic OH excluding ortho intramolecular Hbond substituents is 3. The van der Waals surface area contributed by atoms with E-state index in [1.807, 2.05) is 0 Å². The summed E-state index contributed by atoms with van der Waals surface area (Å²) in [7, 11) is 0. The molecule has 1 unspecified atom stereocenters. The van der Waals surface area contributed by atoms with E-state index in [2.05, 4.69) is 0 Å². The van der Waals surface area contributed by atoms with Crippen LogP contribution < -0.4 is 0 Å². The molecule has 5 nitrogen and oxygen atoms in total. The van der Waals surface area contributed by atoms with Crippen LogP contribution in [0.1, 0.15) is 22.0 Å². The van der Waals surface area contributed by atoms with Crippen LogP contribution in [0.25, 0.3) is 0 Å². The standard InChI is InChI=1S/C14H12O5/c15-9-6-10(16)12(11(17)7-9)14(19)13(18)8-4-2-1-3-5-8/h1-7,13,15-18H. The molecule has 0 aliphatic carbocycles. The lowest BCUT2D eigenvalue weighted by Gasteiger charge is -2.12. The van der Waals surface area contributed by atoms with Crippen LogP contribution in [-0.4, -0.2) is 26.2 Å². The molecule has 0 heterocycles. The molecule has 0 bridgehead atoms. The summed E-state index contributed by atoms with van der Waals surface area (Å²) in [4.78, 5) is 12.0. The van der Waals surface area contributed by atoms with Gasteiger partial charge < -0.3 is 20.4 Å². The van der Waals surface area contributed by atoms with Gasteiger partial charge in [-0.1, -0.05) is 30.3 Å². The van der Waals surface area contributed by atoms with E-state index >= 15 is 0 Å². The lowest BCUT2D eigenvalue weighted by atomic mass is 9.98. The molecule has 2 aromatic rings. The van der Waals surface area contributed by atoms with Gasteiger partial charge in [0.25, 0.3) is 0 Å². The molecule has 0 aliphatic heterocycles. The van der Waals surface area contributed by atoms with Crippen LogP contribution in [0.4, 0.5) is 0 Å². The number of hydrogen-bond donors (Lipinski definition) is 4. The van der Waals surface area contributed by atoms with Crippen molar-refractivity contribution in [1.82, 2.24) is 0 Å². The quantitative estimate of drug-likeness (QED) is 0.630. The maximum atomic E-state index is 12.0. The van der Waals surface area contributed by atoms with Crippen molar-refractivity contribution in [1.29, 1.82) is 0 Å². The molecule has 0 spiro atoms. The van der Waals surface area contributed by atoms with Crippen molar-refractivity contribution in [3.05, 3.63) is 53.6 Å². The van der Waals surface area contributed by atoms with E-state index < -0.39 is 28.9 Å². The van der Waals surface area contributed by atoms with Gasteiger partial charge in [-0.05, 0) is 5.56 Å². The summed E-state index contributed by atoms with van der Waals surface area (Å²) in [6.07, 6.45) is -1.50. The molecule has 98 valence electrons. The molecule has 0 fully saturated rings. The van der Waals surface area contributed by atoms with Gasteiger partial charge in [-0.15, -0.1) is 0 Å². The van der Waals surface area contributed by atoms with Crippen molar-refractivity contribution in [2.24, 2.45) is 0 Å². The maximum absolute atomic E-state index is 12.0. The van der Waals surface area contributed by atoms with Crippen molar-refractivity contribution < 1.29 is 25.2 Å². The molecule has 0 radical (unpaired) electrons. The van der Waals surface area contributed by atoms with E-state index in [1.54, 1.807) is 30.3 Å². The number of aromatic hydroxyl groups is 3. The van der Waals surface area contributed by atoms with E-state index in [0.29, 0.717) is 5.56 Å². The van der Waals surface area contributed by atoms with E-state index in [-0.39, 0.29) is 5.75 Å². The highest BCUT2D eigenvalue weighted by Gasteiger charge is 2.25. The van der Waals surface area contributed by atoms with Crippen molar-refractivity contribution in [2.45, 2.75) is 6.10 Å². The van der Waals surface area contributed by atoms with Gasteiger partial charge in [-0.2, -0.15) is 0 Å². The van der Waals surface area contributed by atoms with E-state index in [0.717, 1.165) is 12.1 Å². The topological polar surface area (TPSA) is 98.0 Å². The number of phenols is 3. The lowest BCUT2D eigenvalue weighted by molar-refractivity contribution is 0.0741. The molecule has 5 heteroatoms. The zero-order chi connectivity index (χ0) is 14.0. The number of rotatable bonds is 3. The number of carbonyl (C=O) groups excluding carboxylic acids is 1. The molecule has 19 heavy (non-hydrogen) atoms.